The van der Waals surface area contributed by atoms with E-state index in [0.29, 0.717) is 18.5 Å². The summed E-state index contributed by atoms with van der Waals surface area (Å²) >= 11 is 0. The number of aliphatic carboxylic acids is 1. The summed E-state index contributed by atoms with van der Waals surface area (Å²) in [5.74, 6) is -1.08. The molecule has 5 nitrogen and oxygen atoms in total. The number of hydrogen-bond acceptors (Lipinski definition) is 3. The predicted octanol–water partition coefficient (Wildman–Crippen LogP) is 1.18. The Hall–Kier alpha value is -2.04. The summed E-state index contributed by atoms with van der Waals surface area (Å²) in [4.78, 5) is 22.0. The third-order valence-corrected chi connectivity index (χ3v) is 2.56. The van der Waals surface area contributed by atoms with E-state index in [2.05, 4.69) is 5.32 Å². The zero-order valence-corrected chi connectivity index (χ0v) is 10.3. The maximum absolute atomic E-state index is 11.6. The monoisotopic (exact) mass is 250 g/mol. The molecule has 0 aliphatic heterocycles. The number of hydrogen-bond donors (Lipinski definition) is 3. The smallest absolute Gasteiger partial charge is 0.305 e. The van der Waals surface area contributed by atoms with E-state index < -0.39 is 5.97 Å². The number of aryl methyl sites for hydroxylation is 1. The Bertz CT molecular complexity index is 432. The van der Waals surface area contributed by atoms with Gasteiger partial charge in [-0.15, -0.1) is 0 Å². The van der Waals surface area contributed by atoms with Crippen LogP contribution in [0.3, 0.4) is 0 Å². The summed E-state index contributed by atoms with van der Waals surface area (Å²) < 4.78 is 0. The third kappa shape index (κ3) is 4.86. The molecule has 0 spiro atoms. The molecule has 0 heterocycles. The summed E-state index contributed by atoms with van der Waals surface area (Å²) in [7, 11) is 0. The lowest BCUT2D eigenvalue weighted by molar-refractivity contribution is -0.137. The van der Waals surface area contributed by atoms with E-state index in [1.807, 2.05) is 18.2 Å². The van der Waals surface area contributed by atoms with Gasteiger partial charge < -0.3 is 16.2 Å². The van der Waals surface area contributed by atoms with Crippen LogP contribution in [-0.4, -0.2) is 23.0 Å². The number of carboxylic acids is 1. The van der Waals surface area contributed by atoms with E-state index in [1.54, 1.807) is 13.0 Å². The largest absolute Gasteiger partial charge is 0.481 e. The van der Waals surface area contributed by atoms with Gasteiger partial charge in [-0.1, -0.05) is 18.2 Å². The number of amides is 1. The minimum Gasteiger partial charge on any atom is -0.481 e. The Morgan fingerprint density at radius 2 is 2.06 bits per heavy atom. The van der Waals surface area contributed by atoms with E-state index in [4.69, 9.17) is 10.8 Å². The van der Waals surface area contributed by atoms with Gasteiger partial charge in [0.2, 0.25) is 5.91 Å². The molecule has 0 saturated heterocycles. The van der Waals surface area contributed by atoms with E-state index in [1.165, 1.54) is 0 Å². The molecule has 4 N–H and O–H groups in total. The Balaban J connectivity index is 2.38. The number of rotatable bonds is 6. The first kappa shape index (κ1) is 14.0. The highest BCUT2D eigenvalue weighted by molar-refractivity contribution is 5.77. The molecule has 1 unspecified atom stereocenters. The molecule has 0 aliphatic carbocycles. The predicted molar refractivity (Wildman–Crippen MR) is 69.0 cm³/mol. The van der Waals surface area contributed by atoms with Crippen molar-refractivity contribution in [3.63, 3.8) is 0 Å². The van der Waals surface area contributed by atoms with Crippen molar-refractivity contribution < 1.29 is 14.7 Å². The topological polar surface area (TPSA) is 92.4 Å². The number of carbonyl (C=O) groups excluding carboxylic acids is 1. The quantitative estimate of drug-likeness (QED) is 0.661. The van der Waals surface area contributed by atoms with Crippen molar-refractivity contribution >= 4 is 17.6 Å². The molecule has 1 aromatic carbocycles. The molecule has 0 fully saturated rings. The van der Waals surface area contributed by atoms with Crippen molar-refractivity contribution in [1.82, 2.24) is 5.32 Å². The highest BCUT2D eigenvalue weighted by Crippen LogP contribution is 2.12. The van der Waals surface area contributed by atoms with Gasteiger partial charge in [-0.25, -0.2) is 0 Å². The Labute approximate surface area is 106 Å². The van der Waals surface area contributed by atoms with E-state index in [9.17, 15) is 9.59 Å². The number of nitrogen functional groups attached to an aromatic ring is 1. The number of benzene rings is 1. The minimum atomic E-state index is -0.921. The summed E-state index contributed by atoms with van der Waals surface area (Å²) in [6.07, 6.45) is 0.787. The molecule has 0 radical (unpaired) electrons. The summed E-state index contributed by atoms with van der Waals surface area (Å²) in [5, 5.41) is 11.2. The van der Waals surface area contributed by atoms with E-state index >= 15 is 0 Å². The van der Waals surface area contributed by atoms with Crippen LogP contribution in [0.25, 0.3) is 0 Å². The molecule has 1 aromatic rings. The maximum Gasteiger partial charge on any atom is 0.305 e. The molecule has 0 aromatic heterocycles. The molecule has 1 amide bonds. The second-order valence-electron chi connectivity index (χ2n) is 4.27. The SMILES string of the molecule is CC(CC(=O)O)NC(=O)CCc1ccccc1N. The minimum absolute atomic E-state index is 0.0702. The van der Waals surface area contributed by atoms with Gasteiger partial charge in [-0.05, 0) is 25.0 Å². The molecule has 0 aliphatic rings. The van der Waals surface area contributed by atoms with Crippen LogP contribution < -0.4 is 11.1 Å². The number of anilines is 1. The molecule has 0 saturated carbocycles. The first-order chi connectivity index (χ1) is 8.49. The molecule has 18 heavy (non-hydrogen) atoms. The summed E-state index contributed by atoms with van der Waals surface area (Å²) in [6.45, 7) is 1.67. The number of nitrogens with two attached hydrogens (primary N) is 1. The second kappa shape index (κ2) is 6.64. The fraction of sp³-hybridized carbons (Fsp3) is 0.385. The molecule has 5 heteroatoms. The van der Waals surface area contributed by atoms with Gasteiger partial charge in [0, 0.05) is 18.2 Å². The van der Waals surface area contributed by atoms with Crippen molar-refractivity contribution in [2.45, 2.75) is 32.2 Å². The molecule has 0 bridgehead atoms. The number of para-hydroxylation sites is 1. The highest BCUT2D eigenvalue weighted by atomic mass is 16.4. The van der Waals surface area contributed by atoms with Gasteiger partial charge in [-0.3, -0.25) is 9.59 Å². The van der Waals surface area contributed by atoms with Gasteiger partial charge in [0.25, 0.3) is 0 Å². The van der Waals surface area contributed by atoms with Crippen LogP contribution in [-0.2, 0) is 16.0 Å². The lowest BCUT2D eigenvalue weighted by Gasteiger charge is -2.11. The first-order valence-electron chi connectivity index (χ1n) is 5.83. The van der Waals surface area contributed by atoms with Gasteiger partial charge in [0.15, 0.2) is 0 Å². The molecule has 98 valence electrons. The van der Waals surface area contributed by atoms with Crippen LogP contribution in [0, 0.1) is 0 Å². The molecular weight excluding hydrogens is 232 g/mol. The summed E-state index contributed by atoms with van der Waals surface area (Å²) in [6, 6.07) is 7.02. The number of carbonyl (C=O) groups is 2. The van der Waals surface area contributed by atoms with Crippen LogP contribution in [0.2, 0.25) is 0 Å². The van der Waals surface area contributed by atoms with Crippen molar-refractivity contribution in [2.24, 2.45) is 0 Å². The van der Waals surface area contributed by atoms with Gasteiger partial charge in [0.05, 0.1) is 6.42 Å². The van der Waals surface area contributed by atoms with Crippen LogP contribution in [0.1, 0.15) is 25.3 Å². The zero-order chi connectivity index (χ0) is 13.5. The van der Waals surface area contributed by atoms with E-state index in [-0.39, 0.29) is 18.4 Å². The van der Waals surface area contributed by atoms with Gasteiger partial charge >= 0.3 is 5.97 Å². The Kier molecular flexibility index (Phi) is 5.17. The molecular formula is C13H18N2O3. The van der Waals surface area contributed by atoms with Crippen molar-refractivity contribution in [3.05, 3.63) is 29.8 Å². The Morgan fingerprint density at radius 1 is 1.39 bits per heavy atom. The van der Waals surface area contributed by atoms with Crippen molar-refractivity contribution in [1.29, 1.82) is 0 Å². The maximum atomic E-state index is 11.6. The zero-order valence-electron chi connectivity index (χ0n) is 10.3. The normalized spacial score (nSPS) is 11.8. The average molecular weight is 250 g/mol. The fourth-order valence-electron chi connectivity index (χ4n) is 1.67. The summed E-state index contributed by atoms with van der Waals surface area (Å²) in [5.41, 5.74) is 7.36. The third-order valence-electron chi connectivity index (χ3n) is 2.56. The highest BCUT2D eigenvalue weighted by Gasteiger charge is 2.11. The van der Waals surface area contributed by atoms with Crippen LogP contribution >= 0.6 is 0 Å². The standard InChI is InChI=1S/C13H18N2O3/c1-9(8-13(17)18)15-12(16)7-6-10-4-2-3-5-11(10)14/h2-5,9H,6-8,14H2,1H3,(H,15,16)(H,17,18). The van der Waals surface area contributed by atoms with Crippen molar-refractivity contribution in [2.75, 3.05) is 5.73 Å². The second-order valence-corrected chi connectivity index (χ2v) is 4.27. The van der Waals surface area contributed by atoms with Crippen LogP contribution in [0.5, 0.6) is 0 Å². The van der Waals surface area contributed by atoms with Gasteiger partial charge in [0.1, 0.15) is 0 Å². The van der Waals surface area contributed by atoms with Gasteiger partial charge in [-0.2, -0.15) is 0 Å². The fourth-order valence-corrected chi connectivity index (χ4v) is 1.67. The molecule has 1 rings (SSSR count). The number of carboxylic acid groups (broad SMARTS) is 1. The van der Waals surface area contributed by atoms with E-state index in [0.717, 1.165) is 5.56 Å². The lowest BCUT2D eigenvalue weighted by Crippen LogP contribution is -2.34. The Morgan fingerprint density at radius 3 is 2.67 bits per heavy atom. The number of nitrogens with one attached hydrogen (secondary N) is 1. The van der Waals surface area contributed by atoms with Crippen LogP contribution in [0.15, 0.2) is 24.3 Å². The van der Waals surface area contributed by atoms with Crippen molar-refractivity contribution in [3.8, 4) is 0 Å². The molecule has 1 atom stereocenters. The average Bonchev–Trinajstić information content (AvgIpc) is 2.26. The van der Waals surface area contributed by atoms with Crippen LogP contribution in [0.4, 0.5) is 5.69 Å². The first-order valence-corrected chi connectivity index (χ1v) is 5.83. The lowest BCUT2D eigenvalue weighted by atomic mass is 10.1.